The average molecular weight is 325 g/mol. The summed E-state index contributed by atoms with van der Waals surface area (Å²) >= 11 is 0. The highest BCUT2D eigenvalue weighted by Crippen LogP contribution is 2.50. The smallest absolute Gasteiger partial charge is 0.309 e. The molecule has 0 aliphatic heterocycles. The van der Waals surface area contributed by atoms with Gasteiger partial charge in [0.05, 0.1) is 5.41 Å². The summed E-state index contributed by atoms with van der Waals surface area (Å²) in [6, 6.07) is 0. The third kappa shape index (κ3) is 5.65. The molecule has 0 fully saturated rings. The van der Waals surface area contributed by atoms with E-state index in [1.54, 1.807) is 0 Å². The van der Waals surface area contributed by atoms with Crippen molar-refractivity contribution in [1.82, 2.24) is 0 Å². The summed E-state index contributed by atoms with van der Waals surface area (Å²) < 4.78 is 0. The van der Waals surface area contributed by atoms with Crippen LogP contribution in [-0.4, -0.2) is 11.1 Å². The van der Waals surface area contributed by atoms with E-state index in [0.29, 0.717) is 18.3 Å². The van der Waals surface area contributed by atoms with Crippen LogP contribution in [0.15, 0.2) is 12.2 Å². The van der Waals surface area contributed by atoms with Crippen molar-refractivity contribution < 1.29 is 9.90 Å². The zero-order chi connectivity index (χ0) is 18.5. The van der Waals surface area contributed by atoms with Crippen LogP contribution in [0.4, 0.5) is 0 Å². The van der Waals surface area contributed by atoms with Crippen molar-refractivity contribution >= 4 is 5.97 Å². The Morgan fingerprint density at radius 2 is 1.43 bits per heavy atom. The summed E-state index contributed by atoms with van der Waals surface area (Å²) in [6.45, 7) is 19.6. The van der Waals surface area contributed by atoms with Gasteiger partial charge in [-0.3, -0.25) is 4.79 Å². The topological polar surface area (TPSA) is 37.3 Å². The van der Waals surface area contributed by atoms with Crippen LogP contribution in [0, 0.1) is 21.7 Å². The van der Waals surface area contributed by atoms with Crippen LogP contribution in [0.2, 0.25) is 0 Å². The second-order valence-electron chi connectivity index (χ2n) is 9.18. The molecule has 2 unspecified atom stereocenters. The van der Waals surface area contributed by atoms with E-state index in [9.17, 15) is 9.90 Å². The lowest BCUT2D eigenvalue weighted by atomic mass is 9.58. The predicted molar refractivity (Wildman–Crippen MR) is 101 cm³/mol. The molecule has 0 aliphatic carbocycles. The number of carboxylic acids is 1. The first-order valence-electron chi connectivity index (χ1n) is 9.20. The average Bonchev–Trinajstić information content (AvgIpc) is 2.45. The van der Waals surface area contributed by atoms with Gasteiger partial charge in [0, 0.05) is 0 Å². The Labute approximate surface area is 144 Å². The SMILES string of the molecule is CCC(C)(C)CC=CC(C)(CC)C(C)(C)CC(C)(CC)C(=O)O. The molecule has 23 heavy (non-hydrogen) atoms. The van der Waals surface area contributed by atoms with Gasteiger partial charge in [-0.15, -0.1) is 0 Å². The molecule has 0 aromatic carbocycles. The number of hydrogen-bond donors (Lipinski definition) is 1. The number of carboxylic acid groups (broad SMARTS) is 1. The zero-order valence-corrected chi connectivity index (χ0v) is 17.0. The molecule has 0 saturated carbocycles. The number of hydrogen-bond acceptors (Lipinski definition) is 1. The molecule has 0 aromatic heterocycles. The number of carbonyl (C=O) groups is 1. The monoisotopic (exact) mass is 324 g/mol. The number of rotatable bonds is 10. The lowest BCUT2D eigenvalue weighted by Crippen LogP contribution is -2.40. The standard InChI is InChI=1S/C21H40O2/c1-10-18(4,5)14-13-15-21(9,12-3)19(6,7)16-20(8,11-2)17(22)23/h13,15H,10-12,14,16H2,1-9H3,(H,22,23). The number of allylic oxidation sites excluding steroid dienone is 2. The highest BCUT2D eigenvalue weighted by molar-refractivity contribution is 5.74. The molecule has 136 valence electrons. The largest absolute Gasteiger partial charge is 0.481 e. The van der Waals surface area contributed by atoms with Gasteiger partial charge in [-0.05, 0) is 48.9 Å². The maximum atomic E-state index is 11.7. The molecule has 0 heterocycles. The van der Waals surface area contributed by atoms with E-state index in [-0.39, 0.29) is 10.8 Å². The van der Waals surface area contributed by atoms with E-state index in [2.05, 4.69) is 60.6 Å². The fourth-order valence-corrected chi connectivity index (χ4v) is 3.13. The first-order valence-corrected chi connectivity index (χ1v) is 9.20. The van der Waals surface area contributed by atoms with Gasteiger partial charge in [-0.1, -0.05) is 74.0 Å². The fraction of sp³-hybridized carbons (Fsp3) is 0.857. The molecule has 0 radical (unpaired) electrons. The van der Waals surface area contributed by atoms with E-state index >= 15 is 0 Å². The van der Waals surface area contributed by atoms with Crippen molar-refractivity contribution in [3.8, 4) is 0 Å². The molecular weight excluding hydrogens is 284 g/mol. The minimum absolute atomic E-state index is 0.00268. The van der Waals surface area contributed by atoms with Gasteiger partial charge in [0.15, 0.2) is 0 Å². The first-order chi connectivity index (χ1) is 10.3. The molecule has 0 spiro atoms. The van der Waals surface area contributed by atoms with Crippen molar-refractivity contribution in [2.75, 3.05) is 0 Å². The maximum Gasteiger partial charge on any atom is 0.309 e. The Morgan fingerprint density at radius 1 is 0.913 bits per heavy atom. The Morgan fingerprint density at radius 3 is 1.78 bits per heavy atom. The molecule has 1 N–H and O–H groups in total. The van der Waals surface area contributed by atoms with E-state index in [0.717, 1.165) is 19.3 Å². The summed E-state index contributed by atoms with van der Waals surface area (Å²) in [6.07, 6.45) is 9.27. The van der Waals surface area contributed by atoms with Crippen LogP contribution >= 0.6 is 0 Å². The third-order valence-electron chi connectivity index (χ3n) is 6.52. The molecule has 0 aromatic rings. The molecule has 0 aliphatic rings. The summed E-state index contributed by atoms with van der Waals surface area (Å²) in [5, 5.41) is 9.63. The second-order valence-corrected chi connectivity index (χ2v) is 9.18. The summed E-state index contributed by atoms with van der Waals surface area (Å²) in [7, 11) is 0. The van der Waals surface area contributed by atoms with Gasteiger partial charge in [-0.2, -0.15) is 0 Å². The highest BCUT2D eigenvalue weighted by atomic mass is 16.4. The van der Waals surface area contributed by atoms with Crippen LogP contribution < -0.4 is 0 Å². The highest BCUT2D eigenvalue weighted by Gasteiger charge is 2.45. The van der Waals surface area contributed by atoms with Crippen molar-refractivity contribution in [3.63, 3.8) is 0 Å². The molecule has 0 rings (SSSR count). The Hall–Kier alpha value is -0.790. The van der Waals surface area contributed by atoms with Gasteiger partial charge in [-0.25, -0.2) is 0 Å². The van der Waals surface area contributed by atoms with Crippen LogP contribution in [0.25, 0.3) is 0 Å². The van der Waals surface area contributed by atoms with Gasteiger partial charge in [0.1, 0.15) is 0 Å². The summed E-state index contributed by atoms with van der Waals surface area (Å²) in [5.41, 5.74) is -0.398. The zero-order valence-electron chi connectivity index (χ0n) is 17.0. The van der Waals surface area contributed by atoms with Crippen LogP contribution in [0.1, 0.15) is 94.4 Å². The molecule has 0 saturated heterocycles. The quantitative estimate of drug-likeness (QED) is 0.454. The minimum Gasteiger partial charge on any atom is -0.481 e. The summed E-state index contributed by atoms with van der Waals surface area (Å²) in [4.78, 5) is 11.7. The van der Waals surface area contributed by atoms with Gasteiger partial charge < -0.3 is 5.11 Å². The minimum atomic E-state index is -0.678. The van der Waals surface area contributed by atoms with Gasteiger partial charge in [0.25, 0.3) is 0 Å². The van der Waals surface area contributed by atoms with E-state index in [1.807, 2.05) is 13.8 Å². The van der Waals surface area contributed by atoms with Gasteiger partial charge >= 0.3 is 5.97 Å². The van der Waals surface area contributed by atoms with Crippen molar-refractivity contribution in [3.05, 3.63) is 12.2 Å². The Kier molecular flexibility index (Phi) is 7.59. The molecular formula is C21H40O2. The fourth-order valence-electron chi connectivity index (χ4n) is 3.13. The van der Waals surface area contributed by atoms with Crippen molar-refractivity contribution in [2.45, 2.75) is 94.4 Å². The molecule has 0 amide bonds. The van der Waals surface area contributed by atoms with E-state index in [1.165, 1.54) is 0 Å². The van der Waals surface area contributed by atoms with Crippen molar-refractivity contribution in [1.29, 1.82) is 0 Å². The van der Waals surface area contributed by atoms with Gasteiger partial charge in [0.2, 0.25) is 0 Å². The Balaban J connectivity index is 5.38. The molecule has 2 atom stereocenters. The lowest BCUT2D eigenvalue weighted by molar-refractivity contribution is -0.151. The predicted octanol–water partition coefficient (Wildman–Crippen LogP) is 6.70. The number of aliphatic carboxylic acids is 1. The lowest BCUT2D eigenvalue weighted by Gasteiger charge is -2.46. The first kappa shape index (κ1) is 22.2. The molecule has 0 bridgehead atoms. The van der Waals surface area contributed by atoms with Crippen LogP contribution in [0.5, 0.6) is 0 Å². The van der Waals surface area contributed by atoms with Crippen LogP contribution in [0.3, 0.4) is 0 Å². The van der Waals surface area contributed by atoms with E-state index in [4.69, 9.17) is 0 Å². The second kappa shape index (κ2) is 7.85. The third-order valence-corrected chi connectivity index (χ3v) is 6.52. The molecule has 2 nitrogen and oxygen atoms in total. The molecule has 2 heteroatoms. The van der Waals surface area contributed by atoms with E-state index < -0.39 is 11.4 Å². The van der Waals surface area contributed by atoms with Crippen LogP contribution in [-0.2, 0) is 4.79 Å². The van der Waals surface area contributed by atoms with Crippen molar-refractivity contribution in [2.24, 2.45) is 21.7 Å². The maximum absolute atomic E-state index is 11.7. The summed E-state index contributed by atoms with van der Waals surface area (Å²) in [5.74, 6) is -0.678. The Bertz CT molecular complexity index is 420. The normalized spacial score (nSPS) is 18.7.